The smallest absolute Gasteiger partial charge is 0.457 e. The molecule has 9 heteroatoms. The topological polar surface area (TPSA) is 91.3 Å². The van der Waals surface area contributed by atoms with Crippen LogP contribution in [0.2, 0.25) is 0 Å². The van der Waals surface area contributed by atoms with Gasteiger partial charge in [0.05, 0.1) is 40.3 Å². The first kappa shape index (κ1) is 54.6. The van der Waals surface area contributed by atoms with Crippen molar-refractivity contribution in [2.45, 2.75) is 208 Å². The predicted molar refractivity (Wildman–Crippen MR) is 261 cm³/mol. The summed E-state index contributed by atoms with van der Waals surface area (Å²) in [6.45, 7) is 15.8. The molecule has 4 aliphatic rings. The number of nitrogens with zero attached hydrogens (tertiary/aromatic N) is 1. The van der Waals surface area contributed by atoms with Crippen LogP contribution in [0.4, 0.5) is 0 Å². The highest BCUT2D eigenvalue weighted by molar-refractivity contribution is 7.47. The van der Waals surface area contributed by atoms with Crippen LogP contribution >= 0.6 is 7.82 Å². The molecule has 4 aliphatic carbocycles. The van der Waals surface area contributed by atoms with Gasteiger partial charge in [0.1, 0.15) is 19.3 Å². The monoisotopic (exact) mass is 905 g/mol. The van der Waals surface area contributed by atoms with E-state index in [1.807, 2.05) is 21.1 Å². The van der Waals surface area contributed by atoms with Crippen molar-refractivity contribution in [3.8, 4) is 0 Å². The number of fused-ring (bicyclic) bond motifs is 5. The zero-order valence-electron chi connectivity index (χ0n) is 42.4. The van der Waals surface area contributed by atoms with E-state index >= 15 is 0 Å². The fraction of sp³-hybridized carbons (Fsp3) is 0.907. The lowest BCUT2D eigenvalue weighted by atomic mass is 9.46. The third kappa shape index (κ3) is 17.9. The van der Waals surface area contributed by atoms with Crippen LogP contribution in [0.3, 0.4) is 0 Å². The average Bonchev–Trinajstić information content (AvgIpc) is 3.58. The van der Waals surface area contributed by atoms with Crippen molar-refractivity contribution >= 4 is 13.8 Å². The first-order valence-corrected chi connectivity index (χ1v) is 28.0. The van der Waals surface area contributed by atoms with E-state index in [0.717, 1.165) is 68.1 Å². The maximum atomic E-state index is 13.9. The lowest BCUT2D eigenvalue weighted by Gasteiger charge is -2.58. The van der Waals surface area contributed by atoms with Crippen molar-refractivity contribution in [3.63, 3.8) is 0 Å². The molecule has 8 nitrogen and oxygen atoms in total. The Morgan fingerprint density at radius 1 is 0.810 bits per heavy atom. The Balaban J connectivity index is 1.23. The molecule has 3 fully saturated rings. The molecule has 0 aliphatic heterocycles. The zero-order chi connectivity index (χ0) is 45.9. The number of hydrogen-bond acceptors (Lipinski definition) is 6. The third-order valence-electron chi connectivity index (χ3n) is 16.5. The number of likely N-dealkylation sites (N-methyl/N-ethyl adjacent to an activating group) is 1. The molecule has 6 unspecified atom stereocenters. The van der Waals surface area contributed by atoms with Crippen molar-refractivity contribution in [1.29, 1.82) is 0 Å². The number of rotatable bonds is 32. The fourth-order valence-electron chi connectivity index (χ4n) is 12.6. The summed E-state index contributed by atoms with van der Waals surface area (Å²) >= 11 is 0. The molecular weight excluding hydrogens is 806 g/mol. The maximum Gasteiger partial charge on any atom is 0.472 e. The van der Waals surface area contributed by atoms with Gasteiger partial charge in [-0.2, -0.15) is 0 Å². The Bertz CT molecular complexity index is 1420. The van der Waals surface area contributed by atoms with Crippen molar-refractivity contribution in [1.82, 2.24) is 0 Å². The molecule has 0 saturated heterocycles. The molecule has 63 heavy (non-hydrogen) atoms. The second kappa shape index (κ2) is 27.1. The molecule has 366 valence electrons. The molecule has 3 saturated carbocycles. The van der Waals surface area contributed by atoms with Crippen LogP contribution in [-0.4, -0.2) is 75.6 Å². The lowest BCUT2D eigenvalue weighted by molar-refractivity contribution is -0.870. The Morgan fingerprint density at radius 3 is 2.14 bits per heavy atom. The number of allylic oxidation sites excluding steroid dienone is 4. The van der Waals surface area contributed by atoms with Gasteiger partial charge >= 0.3 is 13.8 Å². The van der Waals surface area contributed by atoms with Gasteiger partial charge in [0.2, 0.25) is 0 Å². The maximum absolute atomic E-state index is 13.9. The molecular formula is C54H99NO7P+. The van der Waals surface area contributed by atoms with Gasteiger partial charge < -0.3 is 18.9 Å². The summed E-state index contributed by atoms with van der Waals surface area (Å²) in [5.41, 5.74) is 2.07. The molecule has 10 atom stereocenters. The summed E-state index contributed by atoms with van der Waals surface area (Å²) in [5.74, 6) is 4.23. The molecule has 0 bridgehead atoms. The molecule has 0 amide bonds. The van der Waals surface area contributed by atoms with Gasteiger partial charge in [-0.05, 0) is 130 Å². The quantitative estimate of drug-likeness (QED) is 0.0236. The highest BCUT2D eigenvalue weighted by atomic mass is 31.2. The van der Waals surface area contributed by atoms with E-state index in [1.54, 1.807) is 0 Å². The second-order valence-electron chi connectivity index (χ2n) is 22.9. The standard InChI is InChI=1S/C54H98NO7P/c1-10-11-12-13-14-15-16-17-18-19-20-21-22-23-24-25-38-59-41-47(42-61-63(57,58)60-39-37-55(7,8)9)62-52(56)45-33-35-53(5)46(40-45)29-30-48-50-32-31-49(44(4)28-26-27-43(2)3)54(50,6)36-34-51(48)53/h17-18,29,43-45,47-51H,10-16,19-28,30-42H2,1-9H3/p+1/t44-,45?,47?,48?,49-,50?,51?,53+,54-/m1/s1. The number of phosphoric ester groups is 1. The van der Waals surface area contributed by atoms with Gasteiger partial charge in [0, 0.05) is 6.61 Å². The molecule has 0 aromatic heterocycles. The van der Waals surface area contributed by atoms with E-state index in [0.29, 0.717) is 29.0 Å². The van der Waals surface area contributed by atoms with Gasteiger partial charge in [-0.15, -0.1) is 0 Å². The van der Waals surface area contributed by atoms with Gasteiger partial charge in [-0.3, -0.25) is 13.8 Å². The summed E-state index contributed by atoms with van der Waals surface area (Å²) in [7, 11) is 1.66. The number of phosphoric acid groups is 1. The lowest BCUT2D eigenvalue weighted by Crippen LogP contribution is -2.51. The Hall–Kier alpha value is -1.02. The van der Waals surface area contributed by atoms with Gasteiger partial charge in [0.25, 0.3) is 0 Å². The van der Waals surface area contributed by atoms with Crippen LogP contribution in [0.15, 0.2) is 23.8 Å². The number of unbranched alkanes of at least 4 members (excludes halogenated alkanes) is 12. The SMILES string of the molecule is CCCCCCCCC=CCCCCCCCCOCC(COP(=O)(O)OCC[N+](C)(C)C)OC(=O)C1CC[C@@]2(C)C(=CCC3C2CC[C@@]2(C)C3CC[C@@H]2[C@H](C)CCCC(C)C)C1. The number of carbonyl (C=O) groups excluding carboxylic acids is 1. The summed E-state index contributed by atoms with van der Waals surface area (Å²) < 4.78 is 36.4. The summed E-state index contributed by atoms with van der Waals surface area (Å²) in [4.78, 5) is 24.4. The molecule has 0 aromatic rings. The Labute approximate surface area is 388 Å². The molecule has 4 rings (SSSR count). The molecule has 0 radical (unpaired) electrons. The van der Waals surface area contributed by atoms with E-state index in [1.165, 1.54) is 128 Å². The molecule has 1 N–H and O–H groups in total. The van der Waals surface area contributed by atoms with Crippen LogP contribution in [0, 0.1) is 52.3 Å². The number of esters is 1. The van der Waals surface area contributed by atoms with Crippen LogP contribution in [0.25, 0.3) is 0 Å². The predicted octanol–water partition coefficient (Wildman–Crippen LogP) is 14.4. The van der Waals surface area contributed by atoms with E-state index in [2.05, 4.69) is 59.8 Å². The highest BCUT2D eigenvalue weighted by Crippen LogP contribution is 2.67. The number of ether oxygens (including phenoxy) is 2. The number of quaternary nitrogens is 1. The van der Waals surface area contributed by atoms with Crippen LogP contribution in [-0.2, 0) is 27.9 Å². The summed E-state index contributed by atoms with van der Waals surface area (Å²) in [5, 5.41) is 0. The molecule has 0 aromatic carbocycles. The first-order chi connectivity index (χ1) is 30.0. The summed E-state index contributed by atoms with van der Waals surface area (Å²) in [6, 6.07) is 0. The number of carbonyl (C=O) groups is 1. The first-order valence-electron chi connectivity index (χ1n) is 26.5. The van der Waals surface area contributed by atoms with Crippen LogP contribution in [0.1, 0.15) is 202 Å². The third-order valence-corrected chi connectivity index (χ3v) is 17.4. The largest absolute Gasteiger partial charge is 0.472 e. The van der Waals surface area contributed by atoms with Crippen molar-refractivity contribution in [2.24, 2.45) is 52.3 Å². The number of hydrogen-bond donors (Lipinski definition) is 1. The normalized spacial score (nSPS) is 29.2. The summed E-state index contributed by atoms with van der Waals surface area (Å²) in [6.07, 6.45) is 37.2. The molecule has 0 spiro atoms. The van der Waals surface area contributed by atoms with Crippen LogP contribution < -0.4 is 0 Å². The van der Waals surface area contributed by atoms with Crippen molar-refractivity contribution in [2.75, 3.05) is 54.1 Å². The minimum absolute atomic E-state index is 0.0874. The highest BCUT2D eigenvalue weighted by Gasteiger charge is 2.59. The average molecular weight is 905 g/mol. The van der Waals surface area contributed by atoms with E-state index in [9.17, 15) is 14.3 Å². The Morgan fingerprint density at radius 2 is 1.48 bits per heavy atom. The molecule has 0 heterocycles. The zero-order valence-corrected chi connectivity index (χ0v) is 43.2. The van der Waals surface area contributed by atoms with E-state index in [4.69, 9.17) is 18.5 Å². The minimum Gasteiger partial charge on any atom is -0.457 e. The fourth-order valence-corrected chi connectivity index (χ4v) is 13.3. The van der Waals surface area contributed by atoms with Gasteiger partial charge in [0.15, 0.2) is 0 Å². The van der Waals surface area contributed by atoms with Crippen LogP contribution in [0.5, 0.6) is 0 Å². The second-order valence-corrected chi connectivity index (χ2v) is 24.4. The minimum atomic E-state index is -4.33. The van der Waals surface area contributed by atoms with E-state index < -0.39 is 13.9 Å². The van der Waals surface area contributed by atoms with Crippen molar-refractivity contribution in [3.05, 3.63) is 23.8 Å². The van der Waals surface area contributed by atoms with E-state index in [-0.39, 0.29) is 37.1 Å². The van der Waals surface area contributed by atoms with Gasteiger partial charge in [-0.1, -0.05) is 142 Å². The Kier molecular flexibility index (Phi) is 23.5. The van der Waals surface area contributed by atoms with Crippen molar-refractivity contribution < 1.29 is 37.3 Å². The van der Waals surface area contributed by atoms with Gasteiger partial charge in [-0.25, -0.2) is 4.57 Å².